The number of aryl methyl sites for hydroxylation is 1. The maximum Gasteiger partial charge on any atom is 0.264 e. The van der Waals surface area contributed by atoms with E-state index in [1.54, 1.807) is 24.5 Å². The minimum atomic E-state index is -3.84. The van der Waals surface area contributed by atoms with E-state index >= 15 is 0 Å². The van der Waals surface area contributed by atoms with Gasteiger partial charge in [0.25, 0.3) is 10.1 Å². The summed E-state index contributed by atoms with van der Waals surface area (Å²) < 4.78 is 31.2. The smallest absolute Gasteiger partial charge is 0.264 e. The summed E-state index contributed by atoms with van der Waals surface area (Å²) in [5.41, 5.74) is 0.606. The van der Waals surface area contributed by atoms with Gasteiger partial charge in [0.1, 0.15) is 6.54 Å². The number of hydrogen-bond acceptors (Lipinski definition) is 3. The fourth-order valence-electron chi connectivity index (χ4n) is 1.28. The lowest BCUT2D eigenvalue weighted by Gasteiger charge is -1.97. The maximum absolute atomic E-state index is 10.4. The summed E-state index contributed by atoms with van der Waals surface area (Å²) in [5.74, 6) is -0.208. The number of unbranched alkanes of at least 4 members (excludes halogenated alkanes) is 1. The molecule has 0 aliphatic carbocycles. The van der Waals surface area contributed by atoms with Gasteiger partial charge in [0, 0.05) is 24.1 Å². The first-order valence-electron chi connectivity index (χ1n) is 4.91. The predicted octanol–water partition coefficient (Wildman–Crippen LogP) is 0.455. The monoisotopic (exact) mass is 244 g/mol. The Labute approximate surface area is 94.5 Å². The first-order chi connectivity index (χ1) is 7.51. The predicted molar refractivity (Wildman–Crippen MR) is 57.7 cm³/mol. The van der Waals surface area contributed by atoms with Crippen molar-refractivity contribution < 1.29 is 22.3 Å². The van der Waals surface area contributed by atoms with E-state index in [4.69, 9.17) is 4.55 Å². The van der Waals surface area contributed by atoms with E-state index in [0.717, 1.165) is 6.29 Å². The van der Waals surface area contributed by atoms with Gasteiger partial charge in [-0.2, -0.15) is 8.42 Å². The Morgan fingerprint density at radius 2 is 1.88 bits per heavy atom. The van der Waals surface area contributed by atoms with Crippen LogP contribution in [0.25, 0.3) is 0 Å². The van der Waals surface area contributed by atoms with Crippen LogP contribution >= 0.6 is 0 Å². The summed E-state index contributed by atoms with van der Waals surface area (Å²) in [6.45, 7) is 0.661. The van der Waals surface area contributed by atoms with Crippen molar-refractivity contribution in [2.45, 2.75) is 19.4 Å². The molecule has 16 heavy (non-hydrogen) atoms. The number of carbonyl (C=O) groups excluding carboxylic acids is 1. The number of carbonyl (C=O) groups is 1. The minimum Gasteiger partial charge on any atom is -0.298 e. The molecule has 1 aromatic rings. The highest BCUT2D eigenvalue weighted by Gasteiger charge is 2.05. The van der Waals surface area contributed by atoms with Crippen LogP contribution in [-0.4, -0.2) is 25.0 Å². The molecule has 0 spiro atoms. The summed E-state index contributed by atoms with van der Waals surface area (Å²) in [6, 6.07) is 3.38. The van der Waals surface area contributed by atoms with Crippen LogP contribution in [0.5, 0.6) is 0 Å². The molecule has 1 heterocycles. The van der Waals surface area contributed by atoms with Gasteiger partial charge in [-0.05, 0) is 6.42 Å². The third kappa shape index (κ3) is 4.99. The second kappa shape index (κ2) is 5.72. The van der Waals surface area contributed by atoms with Crippen molar-refractivity contribution in [3.63, 3.8) is 0 Å². The zero-order valence-corrected chi connectivity index (χ0v) is 9.56. The molecule has 0 atom stereocenters. The van der Waals surface area contributed by atoms with E-state index in [1.165, 1.54) is 0 Å². The van der Waals surface area contributed by atoms with E-state index in [2.05, 4.69) is 0 Å². The largest absolute Gasteiger partial charge is 0.298 e. The van der Waals surface area contributed by atoms with Crippen LogP contribution in [-0.2, 0) is 16.7 Å². The topological polar surface area (TPSA) is 75.3 Å². The molecule has 0 amide bonds. The van der Waals surface area contributed by atoms with Crippen molar-refractivity contribution in [1.82, 2.24) is 0 Å². The van der Waals surface area contributed by atoms with Crippen molar-refractivity contribution in [3.05, 3.63) is 30.1 Å². The quantitative estimate of drug-likeness (QED) is 0.341. The third-order valence-electron chi connectivity index (χ3n) is 2.12. The van der Waals surface area contributed by atoms with E-state index in [0.29, 0.717) is 24.9 Å². The number of hydrogen-bond donors (Lipinski definition) is 1. The van der Waals surface area contributed by atoms with Gasteiger partial charge in [0.2, 0.25) is 0 Å². The standard InChI is InChI=1S/C10H13NO4S/c12-9-10-3-6-11(7-4-10)5-1-2-8-16(13,14)15/h3-4,6-7,9H,1-2,5,8H2/p+1. The van der Waals surface area contributed by atoms with Gasteiger partial charge in [-0.15, -0.1) is 0 Å². The average Bonchev–Trinajstić information content (AvgIpc) is 2.24. The Balaban J connectivity index is 2.35. The molecule has 5 nitrogen and oxygen atoms in total. The van der Waals surface area contributed by atoms with Crippen LogP contribution in [0.1, 0.15) is 23.2 Å². The van der Waals surface area contributed by atoms with Crippen molar-refractivity contribution >= 4 is 16.4 Å². The molecule has 6 heteroatoms. The Morgan fingerprint density at radius 1 is 1.25 bits per heavy atom. The number of nitrogens with zero attached hydrogens (tertiary/aromatic N) is 1. The molecule has 0 fully saturated rings. The summed E-state index contributed by atoms with van der Waals surface area (Å²) >= 11 is 0. The molecule has 0 unspecified atom stereocenters. The molecule has 0 radical (unpaired) electrons. The Morgan fingerprint density at radius 3 is 2.38 bits per heavy atom. The summed E-state index contributed by atoms with van der Waals surface area (Å²) in [5, 5.41) is 0. The summed E-state index contributed by atoms with van der Waals surface area (Å²) in [6.07, 6.45) is 5.36. The lowest BCUT2D eigenvalue weighted by atomic mass is 10.3. The van der Waals surface area contributed by atoms with Crippen molar-refractivity contribution in [3.8, 4) is 0 Å². The molecule has 1 rings (SSSR count). The highest BCUT2D eigenvalue weighted by atomic mass is 32.2. The Kier molecular flexibility index (Phi) is 4.57. The van der Waals surface area contributed by atoms with Gasteiger partial charge >= 0.3 is 0 Å². The van der Waals surface area contributed by atoms with Crippen molar-refractivity contribution in [2.75, 3.05) is 5.75 Å². The van der Waals surface area contributed by atoms with Gasteiger partial charge in [-0.1, -0.05) is 0 Å². The molecule has 0 saturated heterocycles. The van der Waals surface area contributed by atoms with Crippen molar-refractivity contribution in [1.29, 1.82) is 0 Å². The molecule has 0 aliphatic heterocycles. The third-order valence-corrected chi connectivity index (χ3v) is 2.93. The zero-order chi connectivity index (χ0) is 12.0. The molecule has 1 aromatic heterocycles. The van der Waals surface area contributed by atoms with Crippen LogP contribution < -0.4 is 4.57 Å². The molecular weight excluding hydrogens is 230 g/mol. The van der Waals surface area contributed by atoms with Crippen LogP contribution in [0, 0.1) is 0 Å². The van der Waals surface area contributed by atoms with Gasteiger partial charge in [0.15, 0.2) is 18.7 Å². The lowest BCUT2D eigenvalue weighted by molar-refractivity contribution is -0.697. The van der Waals surface area contributed by atoms with Gasteiger partial charge in [-0.3, -0.25) is 9.35 Å². The highest BCUT2D eigenvalue weighted by Crippen LogP contribution is 1.95. The number of aldehydes is 1. The normalized spacial score (nSPS) is 11.3. The Bertz CT molecular complexity index is 438. The van der Waals surface area contributed by atoms with Crippen LogP contribution in [0.4, 0.5) is 0 Å². The van der Waals surface area contributed by atoms with Gasteiger partial charge in [-0.25, -0.2) is 4.57 Å². The average molecular weight is 244 g/mol. The molecule has 1 N–H and O–H groups in total. The lowest BCUT2D eigenvalue weighted by Crippen LogP contribution is -2.32. The first kappa shape index (κ1) is 12.8. The van der Waals surface area contributed by atoms with Crippen molar-refractivity contribution in [2.24, 2.45) is 0 Å². The molecule has 0 aliphatic rings. The number of aromatic nitrogens is 1. The minimum absolute atomic E-state index is 0.208. The number of pyridine rings is 1. The summed E-state index contributed by atoms with van der Waals surface area (Å²) in [7, 11) is -3.84. The highest BCUT2D eigenvalue weighted by molar-refractivity contribution is 7.85. The first-order valence-corrected chi connectivity index (χ1v) is 6.51. The van der Waals surface area contributed by atoms with E-state index in [9.17, 15) is 13.2 Å². The molecular formula is C10H14NO4S+. The van der Waals surface area contributed by atoms with Crippen LogP contribution in [0.3, 0.4) is 0 Å². The van der Waals surface area contributed by atoms with E-state index < -0.39 is 10.1 Å². The van der Waals surface area contributed by atoms with E-state index in [1.807, 2.05) is 4.57 Å². The molecule has 0 saturated carbocycles. The van der Waals surface area contributed by atoms with Gasteiger partial charge in [0.05, 0.1) is 5.75 Å². The molecule has 0 bridgehead atoms. The van der Waals surface area contributed by atoms with Crippen LogP contribution in [0.15, 0.2) is 24.5 Å². The van der Waals surface area contributed by atoms with E-state index in [-0.39, 0.29) is 5.75 Å². The van der Waals surface area contributed by atoms with Crippen LogP contribution in [0.2, 0.25) is 0 Å². The summed E-state index contributed by atoms with van der Waals surface area (Å²) in [4.78, 5) is 10.4. The second-order valence-electron chi connectivity index (χ2n) is 3.48. The van der Waals surface area contributed by atoms with Gasteiger partial charge < -0.3 is 0 Å². The second-order valence-corrected chi connectivity index (χ2v) is 5.05. The zero-order valence-electron chi connectivity index (χ0n) is 8.74. The molecule has 88 valence electrons. The maximum atomic E-state index is 10.4. The fourth-order valence-corrected chi connectivity index (χ4v) is 1.84. The SMILES string of the molecule is O=Cc1cc[n+](CCCCS(=O)(=O)O)cc1. The fraction of sp³-hybridized carbons (Fsp3) is 0.400. The number of rotatable bonds is 6. The Hall–Kier alpha value is -1.27. The molecule has 0 aromatic carbocycles.